The number of unbranched alkanes of at least 4 members (excludes halogenated alkanes) is 3. The highest BCUT2D eigenvalue weighted by Gasteiger charge is 2.29. The molecule has 1 unspecified atom stereocenters. The van der Waals surface area contributed by atoms with E-state index < -0.39 is 16.8 Å². The molecule has 360 valence electrons. The van der Waals surface area contributed by atoms with E-state index in [4.69, 9.17) is 45.4 Å². The van der Waals surface area contributed by atoms with Gasteiger partial charge in [0.2, 0.25) is 0 Å². The van der Waals surface area contributed by atoms with Gasteiger partial charge in [0.05, 0.1) is 28.4 Å². The van der Waals surface area contributed by atoms with E-state index in [9.17, 15) is 0 Å². The van der Waals surface area contributed by atoms with Gasteiger partial charge in [-0.15, -0.1) is 0 Å². The summed E-state index contributed by atoms with van der Waals surface area (Å²) in [7, 11) is 2.47. The molecule has 0 fully saturated rings. The van der Waals surface area contributed by atoms with Crippen LogP contribution in [0.25, 0.3) is 33.1 Å². The van der Waals surface area contributed by atoms with E-state index in [1.54, 1.807) is 28.4 Å². The van der Waals surface area contributed by atoms with Crippen molar-refractivity contribution in [1.29, 1.82) is 0 Å². The van der Waals surface area contributed by atoms with Crippen LogP contribution in [0.4, 0.5) is 0 Å². The largest absolute Gasteiger partial charge is 0.530 e. The molecule has 1 aromatic heterocycles. The number of ether oxygens (including phenoxy) is 4. The molecule has 0 saturated carbocycles. The van der Waals surface area contributed by atoms with Gasteiger partial charge in [0.25, 0.3) is 0 Å². The lowest BCUT2D eigenvalue weighted by atomic mass is 9.94. The third-order valence-corrected chi connectivity index (χ3v) is 14.0. The van der Waals surface area contributed by atoms with Crippen molar-refractivity contribution in [2.75, 3.05) is 28.4 Å². The molecular formula is C56H66O10P2. The van der Waals surface area contributed by atoms with Crippen molar-refractivity contribution in [2.24, 2.45) is 0 Å². The first-order valence-electron chi connectivity index (χ1n) is 23.6. The Bertz CT molecular complexity index is 2840. The second kappa shape index (κ2) is 23.4. The van der Waals surface area contributed by atoms with E-state index >= 15 is 0 Å². The topological polar surface area (TPSA) is 100 Å². The summed E-state index contributed by atoms with van der Waals surface area (Å²) in [4.78, 5) is 0. The monoisotopic (exact) mass is 960 g/mol. The third kappa shape index (κ3) is 11.8. The Morgan fingerprint density at radius 3 is 1.49 bits per heavy atom. The fraction of sp³-hybridized carbons (Fsp3) is 0.357. The molecule has 10 nitrogen and oxygen atoms in total. The normalized spacial score (nSPS) is 11.5. The second-order valence-electron chi connectivity index (χ2n) is 17.2. The van der Waals surface area contributed by atoms with Crippen LogP contribution in [0.1, 0.15) is 98.2 Å². The van der Waals surface area contributed by atoms with E-state index in [1.807, 2.05) is 86.6 Å². The maximum atomic E-state index is 7.28. The van der Waals surface area contributed by atoms with Gasteiger partial charge >= 0.3 is 16.8 Å². The summed E-state index contributed by atoms with van der Waals surface area (Å²) >= 11 is 0. The smallest absolute Gasteiger partial charge is 0.497 e. The predicted molar refractivity (Wildman–Crippen MR) is 277 cm³/mol. The highest BCUT2D eigenvalue weighted by molar-refractivity contribution is 7.43. The van der Waals surface area contributed by atoms with Gasteiger partial charge in [-0.1, -0.05) is 75.4 Å². The Morgan fingerprint density at radius 1 is 0.471 bits per heavy atom. The molecule has 0 N–H and O–H groups in total. The van der Waals surface area contributed by atoms with Gasteiger partial charge in [0.1, 0.15) is 57.2 Å². The molecular weight excluding hydrogens is 895 g/mol. The summed E-state index contributed by atoms with van der Waals surface area (Å²) in [5, 5.41) is 1.65. The summed E-state index contributed by atoms with van der Waals surface area (Å²) in [5.41, 5.74) is 9.79. The molecule has 1 heterocycles. The molecule has 0 aliphatic carbocycles. The zero-order chi connectivity index (χ0) is 48.3. The highest BCUT2D eigenvalue weighted by atomic mass is 31.2. The van der Waals surface area contributed by atoms with E-state index in [2.05, 4.69) is 52.8 Å². The molecule has 7 aromatic rings. The van der Waals surface area contributed by atoms with Gasteiger partial charge in [-0.2, -0.15) is 0 Å². The van der Waals surface area contributed by atoms with Crippen LogP contribution in [0.3, 0.4) is 0 Å². The van der Waals surface area contributed by atoms with E-state index in [0.29, 0.717) is 75.4 Å². The van der Waals surface area contributed by atoms with E-state index in [0.717, 1.165) is 100 Å². The Morgan fingerprint density at radius 2 is 0.956 bits per heavy atom. The zero-order valence-corrected chi connectivity index (χ0v) is 43.3. The summed E-state index contributed by atoms with van der Waals surface area (Å²) in [6.45, 7) is 14.7. The number of benzene rings is 6. The summed E-state index contributed by atoms with van der Waals surface area (Å²) in [6.07, 6.45) is 7.87. The molecule has 12 heteroatoms. The number of aryl methyl sites for hydroxylation is 7. The summed E-state index contributed by atoms with van der Waals surface area (Å²) < 4.78 is 65.8. The molecule has 68 heavy (non-hydrogen) atoms. The molecule has 0 bridgehead atoms. The first-order chi connectivity index (χ1) is 33.0. The Balaban J connectivity index is 1.50. The van der Waals surface area contributed by atoms with Crippen LogP contribution in [0.5, 0.6) is 46.0 Å². The number of hydrogen-bond acceptors (Lipinski definition) is 10. The first-order valence-corrected chi connectivity index (χ1v) is 25.8. The number of hydrogen-bond donors (Lipinski definition) is 0. The fourth-order valence-electron chi connectivity index (χ4n) is 8.22. The average molecular weight is 961 g/mol. The predicted octanol–water partition coefficient (Wildman–Crippen LogP) is 16.9. The molecule has 0 radical (unpaired) electrons. The van der Waals surface area contributed by atoms with Gasteiger partial charge in [-0.3, -0.25) is 0 Å². The van der Waals surface area contributed by atoms with Crippen molar-refractivity contribution < 1.29 is 45.4 Å². The van der Waals surface area contributed by atoms with Crippen LogP contribution in [-0.4, -0.2) is 28.4 Å². The van der Waals surface area contributed by atoms with Gasteiger partial charge in [-0.25, -0.2) is 0 Å². The van der Waals surface area contributed by atoms with Crippen molar-refractivity contribution in [2.45, 2.75) is 106 Å². The average Bonchev–Trinajstić information content (AvgIpc) is 3.49. The van der Waals surface area contributed by atoms with Crippen LogP contribution in [0.15, 0.2) is 99.4 Å². The third-order valence-electron chi connectivity index (χ3n) is 12.0. The maximum Gasteiger partial charge on any atom is 0.530 e. The van der Waals surface area contributed by atoms with Crippen LogP contribution in [0.2, 0.25) is 0 Å². The van der Waals surface area contributed by atoms with Crippen LogP contribution in [-0.2, 0) is 19.3 Å². The molecule has 0 aliphatic rings. The van der Waals surface area contributed by atoms with E-state index in [-0.39, 0.29) is 0 Å². The highest BCUT2D eigenvalue weighted by Crippen LogP contribution is 2.53. The standard InChI is InChI=1S/C56H66O10P2/c1-12-15-18-40-29-44(58-9)33-48-47-32-43(57-8)23-26-53(47)63-68(65-54(40)48)66-56-42(20-17-14-3)31-46(60-11)35-50(56)49-34-45(59-10)30-41(19-16-13-2)55(49)64-67(61-51-24-21-36(4)27-38(51)6)62-52-25-22-37(5)28-39(52)7/h21-35H,12-20H2,1-11H3. The van der Waals surface area contributed by atoms with Gasteiger partial charge in [-0.05, 0) is 161 Å². The van der Waals surface area contributed by atoms with Crippen LogP contribution < -0.4 is 37.0 Å². The Labute approximate surface area is 404 Å². The SMILES string of the molecule is CCCCc1cc(OC)cc(-c2cc(OC)cc(CCCC)c2Op2oc3ccc(OC)cc3c3cc(OC)cc(CCCC)c3o2)c1OP(Oc1ccc(C)cc1C)Oc1ccc(C)cc1C. The zero-order valence-electron chi connectivity index (χ0n) is 41.5. The minimum Gasteiger partial charge on any atom is -0.497 e. The van der Waals surface area contributed by atoms with Crippen molar-refractivity contribution in [3.8, 4) is 57.1 Å². The molecule has 0 aliphatic heterocycles. The molecule has 6 aromatic carbocycles. The van der Waals surface area contributed by atoms with E-state index in [1.165, 1.54) is 0 Å². The molecule has 0 spiro atoms. The number of rotatable bonds is 22. The fourth-order valence-corrected chi connectivity index (χ4v) is 10.6. The maximum absolute atomic E-state index is 7.28. The minimum absolute atomic E-state index is 0.585. The number of methoxy groups -OCH3 is 4. The van der Waals surface area contributed by atoms with Gasteiger partial charge < -0.3 is 45.4 Å². The lowest BCUT2D eigenvalue weighted by Crippen LogP contribution is -2.07. The molecule has 0 saturated heterocycles. The van der Waals surface area contributed by atoms with Crippen LogP contribution >= 0.6 is 16.8 Å². The van der Waals surface area contributed by atoms with Crippen molar-refractivity contribution in [1.82, 2.24) is 0 Å². The van der Waals surface area contributed by atoms with Gasteiger partial charge in [0, 0.05) is 21.9 Å². The summed E-state index contributed by atoms with van der Waals surface area (Å²) in [5.74, 6) is 5.26. The van der Waals surface area contributed by atoms with Gasteiger partial charge in [0.15, 0.2) is 0 Å². The quantitative estimate of drug-likeness (QED) is 0.0611. The molecule has 1 atom stereocenters. The lowest BCUT2D eigenvalue weighted by Gasteiger charge is -2.24. The van der Waals surface area contributed by atoms with Crippen LogP contribution in [0, 0.1) is 27.7 Å². The molecule has 7 rings (SSSR count). The van der Waals surface area contributed by atoms with Crippen molar-refractivity contribution in [3.63, 3.8) is 0 Å². The minimum atomic E-state index is -2.13. The second-order valence-corrected chi connectivity index (χ2v) is 19.2. The Kier molecular flexibility index (Phi) is 17.2. The summed E-state index contributed by atoms with van der Waals surface area (Å²) in [6, 6.07) is 30.1. The van der Waals surface area contributed by atoms with Crippen molar-refractivity contribution in [3.05, 3.63) is 130 Å². The Hall–Kier alpha value is -5.95. The lowest BCUT2D eigenvalue weighted by molar-refractivity contribution is 0.382. The first kappa shape index (κ1) is 49.9. The molecule has 0 amide bonds. The number of fused-ring (bicyclic) bond motifs is 3. The van der Waals surface area contributed by atoms with Crippen molar-refractivity contribution >= 4 is 38.8 Å².